The predicted octanol–water partition coefficient (Wildman–Crippen LogP) is 4.45. The van der Waals surface area contributed by atoms with Crippen molar-refractivity contribution in [2.75, 3.05) is 0 Å². The van der Waals surface area contributed by atoms with Crippen molar-refractivity contribution in [1.82, 2.24) is 4.98 Å². The van der Waals surface area contributed by atoms with Gasteiger partial charge < -0.3 is 4.42 Å². The van der Waals surface area contributed by atoms with E-state index >= 15 is 0 Å². The van der Waals surface area contributed by atoms with E-state index in [1.807, 2.05) is 48.5 Å². The van der Waals surface area contributed by atoms with Gasteiger partial charge in [-0.3, -0.25) is 4.98 Å². The van der Waals surface area contributed by atoms with E-state index in [1.54, 1.807) is 6.20 Å². The Morgan fingerprint density at radius 2 is 1.79 bits per heavy atom. The third-order valence-corrected chi connectivity index (χ3v) is 3.26. The molecule has 89 valence electrons. The first-order valence-electron chi connectivity index (χ1n) is 6.17. The second-order valence-corrected chi connectivity index (χ2v) is 4.41. The van der Waals surface area contributed by atoms with E-state index in [0.29, 0.717) is 0 Å². The van der Waals surface area contributed by atoms with Crippen LogP contribution in [-0.2, 0) is 0 Å². The molecule has 2 heteroatoms. The monoisotopic (exact) mass is 244 g/mol. The largest absolute Gasteiger partial charge is 0.455 e. The normalized spacial score (nSPS) is 11.2. The lowest BCUT2D eigenvalue weighted by atomic mass is 10.1. The van der Waals surface area contributed by atoms with Crippen LogP contribution in [0.3, 0.4) is 0 Å². The van der Waals surface area contributed by atoms with E-state index in [4.69, 9.17) is 4.42 Å². The van der Waals surface area contributed by atoms with Gasteiger partial charge in [-0.2, -0.15) is 0 Å². The van der Waals surface area contributed by atoms with Gasteiger partial charge in [-0.1, -0.05) is 30.3 Å². The molecule has 0 N–H and O–H groups in total. The van der Waals surface area contributed by atoms with Gasteiger partial charge in [0, 0.05) is 17.0 Å². The minimum absolute atomic E-state index is 0.849. The predicted molar refractivity (Wildman–Crippen MR) is 75.8 cm³/mol. The maximum absolute atomic E-state index is 5.97. The second-order valence-electron chi connectivity index (χ2n) is 4.41. The Morgan fingerprint density at radius 3 is 2.68 bits per heavy atom. The standard InChI is InChI=1S/C17H10NO/c1-2-10-16-12(6-1)13-7-5-8-14(17(13)19-16)15-9-3-4-11-18-15/h1-7,9-11H. The SMILES string of the molecule is [c]1ccc2c(oc3ccccc32)c1-c1ccccn1. The molecule has 4 aromatic rings. The lowest BCUT2D eigenvalue weighted by Gasteiger charge is -2.00. The van der Waals surface area contributed by atoms with Crippen molar-refractivity contribution in [2.24, 2.45) is 0 Å². The van der Waals surface area contributed by atoms with E-state index in [1.165, 1.54) is 0 Å². The molecule has 2 aromatic heterocycles. The Morgan fingerprint density at radius 1 is 0.895 bits per heavy atom. The number of aromatic nitrogens is 1. The van der Waals surface area contributed by atoms with Gasteiger partial charge in [-0.15, -0.1) is 0 Å². The zero-order valence-electron chi connectivity index (χ0n) is 10.1. The topological polar surface area (TPSA) is 26.0 Å². The van der Waals surface area contributed by atoms with Crippen LogP contribution in [0.4, 0.5) is 0 Å². The minimum Gasteiger partial charge on any atom is -0.455 e. The van der Waals surface area contributed by atoms with Gasteiger partial charge in [0.05, 0.1) is 11.3 Å². The van der Waals surface area contributed by atoms with Gasteiger partial charge in [0.15, 0.2) is 0 Å². The summed E-state index contributed by atoms with van der Waals surface area (Å²) in [6, 6.07) is 21.1. The fourth-order valence-electron chi connectivity index (χ4n) is 2.39. The van der Waals surface area contributed by atoms with E-state index in [-0.39, 0.29) is 0 Å². The molecule has 19 heavy (non-hydrogen) atoms. The Labute approximate surface area is 110 Å². The summed E-state index contributed by atoms with van der Waals surface area (Å²) < 4.78 is 5.97. The van der Waals surface area contributed by atoms with Crippen molar-refractivity contribution < 1.29 is 4.42 Å². The smallest absolute Gasteiger partial charge is 0.145 e. The molecule has 0 amide bonds. The maximum atomic E-state index is 5.97. The van der Waals surface area contributed by atoms with Gasteiger partial charge in [-0.05, 0) is 30.3 Å². The van der Waals surface area contributed by atoms with Gasteiger partial charge in [0.2, 0.25) is 0 Å². The Balaban J connectivity index is 2.13. The third-order valence-electron chi connectivity index (χ3n) is 3.26. The van der Waals surface area contributed by atoms with Crippen LogP contribution in [0, 0.1) is 6.07 Å². The first-order valence-corrected chi connectivity index (χ1v) is 6.17. The van der Waals surface area contributed by atoms with Crippen molar-refractivity contribution in [1.29, 1.82) is 0 Å². The molecule has 2 heterocycles. The summed E-state index contributed by atoms with van der Waals surface area (Å²) >= 11 is 0. The molecule has 4 rings (SSSR count). The summed E-state index contributed by atoms with van der Waals surface area (Å²) in [5.41, 5.74) is 3.54. The molecule has 2 aromatic carbocycles. The summed E-state index contributed by atoms with van der Waals surface area (Å²) in [7, 11) is 0. The van der Waals surface area contributed by atoms with E-state index in [2.05, 4.69) is 17.1 Å². The van der Waals surface area contributed by atoms with Crippen LogP contribution in [0.5, 0.6) is 0 Å². The van der Waals surface area contributed by atoms with Crippen LogP contribution >= 0.6 is 0 Å². The first-order chi connectivity index (χ1) is 9.43. The average molecular weight is 244 g/mol. The molecule has 0 bridgehead atoms. The van der Waals surface area contributed by atoms with Crippen LogP contribution < -0.4 is 0 Å². The second kappa shape index (κ2) is 3.95. The highest BCUT2D eigenvalue weighted by Crippen LogP contribution is 2.34. The van der Waals surface area contributed by atoms with Gasteiger partial charge >= 0.3 is 0 Å². The molecule has 0 aliphatic rings. The molecule has 2 nitrogen and oxygen atoms in total. The molecule has 1 radical (unpaired) electrons. The molecule has 0 spiro atoms. The van der Waals surface area contributed by atoms with Crippen molar-refractivity contribution >= 4 is 21.9 Å². The molecular weight excluding hydrogens is 234 g/mol. The highest BCUT2D eigenvalue weighted by Gasteiger charge is 2.11. The maximum Gasteiger partial charge on any atom is 0.145 e. The number of para-hydroxylation sites is 1. The molecule has 0 saturated heterocycles. The Hall–Kier alpha value is -2.61. The van der Waals surface area contributed by atoms with E-state index < -0.39 is 0 Å². The summed E-state index contributed by atoms with van der Waals surface area (Å²) in [6.45, 7) is 0. The van der Waals surface area contributed by atoms with Crippen molar-refractivity contribution in [2.45, 2.75) is 0 Å². The number of rotatable bonds is 1. The lowest BCUT2D eigenvalue weighted by molar-refractivity contribution is 0.669. The van der Waals surface area contributed by atoms with Crippen LogP contribution in [0.15, 0.2) is 65.2 Å². The summed E-state index contributed by atoms with van der Waals surface area (Å²) in [5.74, 6) is 0. The molecule has 0 aliphatic heterocycles. The van der Waals surface area contributed by atoms with Crippen molar-refractivity contribution in [3.8, 4) is 11.3 Å². The highest BCUT2D eigenvalue weighted by atomic mass is 16.3. The molecule has 0 atom stereocenters. The van der Waals surface area contributed by atoms with Crippen molar-refractivity contribution in [3.05, 3.63) is 66.9 Å². The number of pyridine rings is 1. The van der Waals surface area contributed by atoms with E-state index in [9.17, 15) is 0 Å². The van der Waals surface area contributed by atoms with Crippen LogP contribution in [-0.4, -0.2) is 4.98 Å². The van der Waals surface area contributed by atoms with Crippen molar-refractivity contribution in [3.63, 3.8) is 0 Å². The zero-order valence-corrected chi connectivity index (χ0v) is 10.1. The number of furan rings is 1. The third kappa shape index (κ3) is 1.54. The number of hydrogen-bond acceptors (Lipinski definition) is 2. The molecule has 0 aliphatic carbocycles. The number of nitrogens with zero attached hydrogens (tertiary/aromatic N) is 1. The number of fused-ring (bicyclic) bond motifs is 3. The van der Waals surface area contributed by atoms with Gasteiger partial charge in [0.25, 0.3) is 0 Å². The first kappa shape index (κ1) is 10.3. The summed E-state index contributed by atoms with van der Waals surface area (Å²) in [6.07, 6.45) is 1.78. The number of benzene rings is 2. The molecule has 0 fully saturated rings. The fourth-order valence-corrected chi connectivity index (χ4v) is 2.39. The Bertz CT molecular complexity index is 862. The van der Waals surface area contributed by atoms with E-state index in [0.717, 1.165) is 33.2 Å². The van der Waals surface area contributed by atoms with Crippen LogP contribution in [0.25, 0.3) is 33.2 Å². The lowest BCUT2D eigenvalue weighted by Crippen LogP contribution is -1.82. The summed E-state index contributed by atoms with van der Waals surface area (Å²) in [5, 5.41) is 2.23. The zero-order chi connectivity index (χ0) is 12.7. The van der Waals surface area contributed by atoms with Gasteiger partial charge in [0.1, 0.15) is 11.2 Å². The highest BCUT2D eigenvalue weighted by molar-refractivity contribution is 6.09. The average Bonchev–Trinajstić information content (AvgIpc) is 2.87. The molecule has 0 saturated carbocycles. The fraction of sp³-hybridized carbons (Fsp3) is 0. The Kier molecular flexibility index (Phi) is 2.15. The quantitative estimate of drug-likeness (QED) is 0.494. The van der Waals surface area contributed by atoms with Crippen LogP contribution in [0.2, 0.25) is 0 Å². The number of hydrogen-bond donors (Lipinski definition) is 0. The minimum atomic E-state index is 0.849. The molecule has 0 unspecified atom stereocenters. The van der Waals surface area contributed by atoms with Crippen LogP contribution in [0.1, 0.15) is 0 Å². The summed E-state index contributed by atoms with van der Waals surface area (Å²) in [4.78, 5) is 4.38. The van der Waals surface area contributed by atoms with Gasteiger partial charge in [-0.25, -0.2) is 0 Å². The molecular formula is C17H10NO.